The van der Waals surface area contributed by atoms with Gasteiger partial charge < -0.3 is 5.11 Å². The van der Waals surface area contributed by atoms with Gasteiger partial charge in [0.1, 0.15) is 0 Å². The Bertz CT molecular complexity index is 688. The molecule has 112 valence electrons. The predicted molar refractivity (Wildman–Crippen MR) is 86.3 cm³/mol. The monoisotopic (exact) mass is 364 g/mol. The average Bonchev–Trinajstić information content (AvgIpc) is 2.83. The number of hydrogen-bond acceptors (Lipinski definition) is 3. The minimum atomic E-state index is -0.909. The summed E-state index contributed by atoms with van der Waals surface area (Å²) in [5.41, 5.74) is 1.54. The Labute approximate surface area is 141 Å². The summed E-state index contributed by atoms with van der Waals surface area (Å²) in [6, 6.07) is 3.21. The number of rotatable bonds is 5. The molecule has 0 saturated carbocycles. The fraction of sp³-hybridized carbons (Fsp3) is 0.231. The van der Waals surface area contributed by atoms with E-state index in [-0.39, 0.29) is 5.75 Å². The number of carboxylic acids is 1. The summed E-state index contributed by atoms with van der Waals surface area (Å²) in [6.07, 6.45) is 2.42. The highest BCUT2D eigenvalue weighted by atomic mass is 35.5. The number of halogens is 3. The molecule has 0 aliphatic rings. The fourth-order valence-electron chi connectivity index (χ4n) is 1.79. The molecule has 1 aromatic heterocycles. The number of carbonyl (C=O) groups is 1. The van der Waals surface area contributed by atoms with Crippen molar-refractivity contribution in [3.63, 3.8) is 0 Å². The van der Waals surface area contributed by atoms with Gasteiger partial charge in [0.15, 0.2) is 5.16 Å². The van der Waals surface area contributed by atoms with Crippen molar-refractivity contribution < 1.29 is 9.90 Å². The van der Waals surface area contributed by atoms with E-state index in [0.717, 1.165) is 23.9 Å². The number of carboxylic acid groups (broad SMARTS) is 1. The van der Waals surface area contributed by atoms with Crippen LogP contribution in [0.25, 0.3) is 5.69 Å². The molecular formula is C13H11Cl3N2O2S. The van der Waals surface area contributed by atoms with Crippen molar-refractivity contribution in [2.45, 2.75) is 18.5 Å². The fourth-order valence-corrected chi connectivity index (χ4v) is 3.14. The van der Waals surface area contributed by atoms with Crippen LogP contribution >= 0.6 is 46.6 Å². The first-order valence-corrected chi connectivity index (χ1v) is 8.12. The van der Waals surface area contributed by atoms with Crippen molar-refractivity contribution in [2.24, 2.45) is 0 Å². The lowest BCUT2D eigenvalue weighted by Gasteiger charge is -2.13. The Hall–Kier alpha value is -0.880. The van der Waals surface area contributed by atoms with Gasteiger partial charge in [-0.15, -0.1) is 0 Å². The molecule has 8 heteroatoms. The third-order valence-corrected chi connectivity index (χ3v) is 4.68. The Balaban J connectivity index is 2.53. The van der Waals surface area contributed by atoms with Crippen LogP contribution in [0.2, 0.25) is 15.1 Å². The Morgan fingerprint density at radius 1 is 1.29 bits per heavy atom. The second kappa shape index (κ2) is 6.92. The smallest absolute Gasteiger partial charge is 0.313 e. The summed E-state index contributed by atoms with van der Waals surface area (Å²) in [7, 11) is 0. The summed E-state index contributed by atoms with van der Waals surface area (Å²) in [5.74, 6) is -0.994. The molecule has 0 aliphatic carbocycles. The highest BCUT2D eigenvalue weighted by Gasteiger charge is 2.16. The topological polar surface area (TPSA) is 55.1 Å². The van der Waals surface area contributed by atoms with Gasteiger partial charge in [-0.25, -0.2) is 4.98 Å². The van der Waals surface area contributed by atoms with Gasteiger partial charge in [0.2, 0.25) is 0 Å². The second-order valence-corrected chi connectivity index (χ2v) is 6.29. The van der Waals surface area contributed by atoms with Gasteiger partial charge in [0, 0.05) is 11.9 Å². The Kier molecular flexibility index (Phi) is 5.43. The third kappa shape index (κ3) is 3.66. The maximum absolute atomic E-state index is 10.7. The maximum atomic E-state index is 10.7. The van der Waals surface area contributed by atoms with E-state index in [2.05, 4.69) is 4.98 Å². The molecule has 0 amide bonds. The van der Waals surface area contributed by atoms with Gasteiger partial charge in [0.05, 0.1) is 26.5 Å². The van der Waals surface area contributed by atoms with Crippen LogP contribution in [0.3, 0.4) is 0 Å². The zero-order valence-corrected chi connectivity index (χ0v) is 14.0. The number of imidazole rings is 1. The Morgan fingerprint density at radius 2 is 1.95 bits per heavy atom. The van der Waals surface area contributed by atoms with Crippen molar-refractivity contribution in [2.75, 3.05) is 5.75 Å². The Morgan fingerprint density at radius 3 is 2.57 bits per heavy atom. The molecule has 0 aliphatic heterocycles. The van der Waals surface area contributed by atoms with Gasteiger partial charge in [0.25, 0.3) is 0 Å². The molecular weight excluding hydrogens is 355 g/mol. The van der Waals surface area contributed by atoms with Crippen LogP contribution in [-0.2, 0) is 11.2 Å². The van der Waals surface area contributed by atoms with E-state index < -0.39 is 5.97 Å². The van der Waals surface area contributed by atoms with Crippen LogP contribution in [0.4, 0.5) is 0 Å². The van der Waals surface area contributed by atoms with Crippen molar-refractivity contribution in [1.29, 1.82) is 0 Å². The van der Waals surface area contributed by atoms with E-state index in [0.29, 0.717) is 25.9 Å². The van der Waals surface area contributed by atoms with E-state index in [1.165, 1.54) is 0 Å². The van der Waals surface area contributed by atoms with Gasteiger partial charge in [-0.1, -0.05) is 53.5 Å². The first-order chi connectivity index (χ1) is 9.93. The summed E-state index contributed by atoms with van der Waals surface area (Å²) >= 11 is 19.4. The number of aromatic nitrogens is 2. The van der Waals surface area contributed by atoms with Crippen LogP contribution in [0.1, 0.15) is 12.6 Å². The largest absolute Gasteiger partial charge is 0.481 e. The maximum Gasteiger partial charge on any atom is 0.313 e. The molecule has 0 radical (unpaired) electrons. The molecule has 0 unspecified atom stereocenters. The first-order valence-electron chi connectivity index (χ1n) is 6.00. The number of aliphatic carboxylic acids is 1. The minimum absolute atomic E-state index is 0.0842. The molecule has 21 heavy (non-hydrogen) atoms. The summed E-state index contributed by atoms with van der Waals surface area (Å²) in [5, 5.41) is 10.5. The highest BCUT2D eigenvalue weighted by Crippen LogP contribution is 2.34. The van der Waals surface area contributed by atoms with Crippen LogP contribution in [-0.4, -0.2) is 26.4 Å². The van der Waals surface area contributed by atoms with Gasteiger partial charge in [-0.3, -0.25) is 9.36 Å². The number of thioether (sulfide) groups is 1. The lowest BCUT2D eigenvalue weighted by atomic mass is 10.3. The predicted octanol–water partition coefficient (Wildman–Crippen LogP) is 4.57. The van der Waals surface area contributed by atoms with Gasteiger partial charge in [-0.2, -0.15) is 0 Å². The molecule has 2 rings (SSSR count). The third-order valence-electron chi connectivity index (χ3n) is 2.72. The summed E-state index contributed by atoms with van der Waals surface area (Å²) < 4.78 is 1.80. The SMILES string of the molecule is CCc1cnc(SCC(=O)O)n1-c1cc(Cl)c(Cl)cc1Cl. The molecule has 2 aromatic rings. The zero-order valence-electron chi connectivity index (χ0n) is 10.9. The average molecular weight is 366 g/mol. The van der Waals surface area contributed by atoms with Crippen LogP contribution in [0.5, 0.6) is 0 Å². The zero-order chi connectivity index (χ0) is 15.6. The normalized spacial score (nSPS) is 10.9. The number of hydrogen-bond donors (Lipinski definition) is 1. The summed E-state index contributed by atoms with van der Waals surface area (Å²) in [6.45, 7) is 1.98. The van der Waals surface area contributed by atoms with Crippen LogP contribution in [0, 0.1) is 0 Å². The lowest BCUT2D eigenvalue weighted by Crippen LogP contribution is -2.05. The first kappa shape index (κ1) is 16.5. The molecule has 0 saturated heterocycles. The van der Waals surface area contributed by atoms with Gasteiger partial charge >= 0.3 is 5.97 Å². The van der Waals surface area contributed by atoms with E-state index in [1.807, 2.05) is 6.92 Å². The molecule has 0 bridgehead atoms. The molecule has 1 heterocycles. The molecule has 0 spiro atoms. The standard InChI is InChI=1S/C13H11Cl3N2O2S/c1-2-7-5-17-13(21-6-12(19)20)18(7)11-4-9(15)8(14)3-10(11)16/h3-5H,2,6H2,1H3,(H,19,20). The van der Waals surface area contributed by atoms with Gasteiger partial charge in [-0.05, 0) is 18.6 Å². The van der Waals surface area contributed by atoms with Crippen LogP contribution < -0.4 is 0 Å². The molecule has 1 N–H and O–H groups in total. The van der Waals surface area contributed by atoms with E-state index in [1.54, 1.807) is 22.9 Å². The second-order valence-electron chi connectivity index (χ2n) is 4.12. The van der Waals surface area contributed by atoms with Crippen molar-refractivity contribution in [1.82, 2.24) is 9.55 Å². The quantitative estimate of drug-likeness (QED) is 0.623. The van der Waals surface area contributed by atoms with Crippen molar-refractivity contribution in [3.8, 4) is 5.69 Å². The molecule has 0 fully saturated rings. The van der Waals surface area contributed by atoms with Crippen LogP contribution in [0.15, 0.2) is 23.5 Å². The molecule has 1 aromatic carbocycles. The molecule has 4 nitrogen and oxygen atoms in total. The van der Waals surface area contributed by atoms with E-state index in [9.17, 15) is 4.79 Å². The number of aryl methyl sites for hydroxylation is 1. The highest BCUT2D eigenvalue weighted by molar-refractivity contribution is 7.99. The van der Waals surface area contributed by atoms with E-state index in [4.69, 9.17) is 39.9 Å². The van der Waals surface area contributed by atoms with Crippen molar-refractivity contribution >= 4 is 52.5 Å². The van der Waals surface area contributed by atoms with E-state index >= 15 is 0 Å². The minimum Gasteiger partial charge on any atom is -0.481 e. The molecule has 0 atom stereocenters. The lowest BCUT2D eigenvalue weighted by molar-refractivity contribution is -0.133. The van der Waals surface area contributed by atoms with Crippen molar-refractivity contribution in [3.05, 3.63) is 39.1 Å². The number of benzene rings is 1. The number of nitrogens with zero attached hydrogens (tertiary/aromatic N) is 2. The summed E-state index contributed by atoms with van der Waals surface area (Å²) in [4.78, 5) is 15.0.